The Morgan fingerprint density at radius 1 is 1.00 bits per heavy atom. The van der Waals surface area contributed by atoms with Gasteiger partial charge in [-0.25, -0.2) is 9.97 Å². The molecule has 4 fully saturated rings. The fourth-order valence-electron chi connectivity index (χ4n) is 4.99. The van der Waals surface area contributed by atoms with Crippen LogP contribution in [0.15, 0.2) is 36.7 Å². The van der Waals surface area contributed by atoms with E-state index in [-0.39, 0.29) is 23.3 Å². The highest BCUT2D eigenvalue weighted by Crippen LogP contribution is 2.41. The van der Waals surface area contributed by atoms with Gasteiger partial charge in [-0.2, -0.15) is 0 Å². The topological polar surface area (TPSA) is 60.0 Å². The first-order valence-corrected chi connectivity index (χ1v) is 11.4. The van der Waals surface area contributed by atoms with Gasteiger partial charge in [-0.15, -0.1) is 0 Å². The Labute approximate surface area is 199 Å². The molecule has 2 aromatic rings. The van der Waals surface area contributed by atoms with E-state index in [4.69, 9.17) is 34.7 Å². The van der Waals surface area contributed by atoms with Gasteiger partial charge in [0.15, 0.2) is 0 Å². The summed E-state index contributed by atoms with van der Waals surface area (Å²) in [6, 6.07) is 8.27. The van der Waals surface area contributed by atoms with E-state index in [2.05, 4.69) is 42.5 Å². The fraction of sp³-hybridized carbons (Fsp3) is 0.565. The Hall–Kier alpha value is -2.03. The zero-order chi connectivity index (χ0) is 23.6. The number of hydrogen-bond acceptors (Lipinski definition) is 7. The first-order valence-electron chi connectivity index (χ1n) is 11.4. The molecule has 2 unspecified atom stereocenters. The van der Waals surface area contributed by atoms with Crippen molar-refractivity contribution in [2.45, 2.75) is 62.7 Å². The smallest absolute Gasteiger partial charge is 0.481 e. The lowest BCUT2D eigenvalue weighted by atomic mass is 9.54. The molecule has 168 valence electrons. The lowest BCUT2D eigenvalue weighted by molar-refractivity contribution is -0.0304. The number of hydrogen-bond donors (Lipinski definition) is 0. The van der Waals surface area contributed by atoms with Gasteiger partial charge in [0.2, 0.25) is 5.88 Å². The molecular formula is C23H29B3N4O3. The van der Waals surface area contributed by atoms with E-state index in [0.29, 0.717) is 5.88 Å². The third-order valence-electron chi connectivity index (χ3n) is 7.65. The van der Waals surface area contributed by atoms with Crippen LogP contribution in [0, 0.1) is 0 Å². The van der Waals surface area contributed by atoms with Crippen LogP contribution in [0.5, 0.6) is 5.88 Å². The van der Waals surface area contributed by atoms with Crippen LogP contribution < -0.4 is 15.1 Å². The highest BCUT2D eigenvalue weighted by Gasteiger charge is 2.52. The lowest BCUT2D eigenvalue weighted by Crippen LogP contribution is -2.74. The van der Waals surface area contributed by atoms with Crippen LogP contribution in [0.1, 0.15) is 39.7 Å². The lowest BCUT2D eigenvalue weighted by Gasteiger charge is -2.63. The number of methoxy groups -OCH3 is 1. The molecule has 6 rings (SSSR count). The molecule has 4 aliphatic rings. The Balaban J connectivity index is 1.26. The van der Waals surface area contributed by atoms with Crippen molar-refractivity contribution in [1.29, 1.82) is 0 Å². The van der Waals surface area contributed by atoms with Gasteiger partial charge in [0, 0.05) is 49.1 Å². The van der Waals surface area contributed by atoms with Crippen molar-refractivity contribution in [3.8, 4) is 5.88 Å². The third kappa shape index (κ3) is 3.76. The monoisotopic (exact) mass is 442 g/mol. The number of nitrogens with zero attached hydrogens (tertiary/aromatic N) is 4. The number of piperazine rings is 1. The van der Waals surface area contributed by atoms with E-state index in [9.17, 15) is 0 Å². The maximum atomic E-state index is 6.60. The van der Waals surface area contributed by atoms with Gasteiger partial charge in [-0.3, -0.25) is 0 Å². The van der Waals surface area contributed by atoms with Crippen molar-refractivity contribution in [1.82, 2.24) is 14.9 Å². The quantitative estimate of drug-likeness (QED) is 0.646. The molecular weight excluding hydrogens is 413 g/mol. The van der Waals surface area contributed by atoms with E-state index in [1.165, 1.54) is 0 Å². The van der Waals surface area contributed by atoms with Crippen molar-refractivity contribution >= 4 is 34.1 Å². The molecule has 0 aromatic carbocycles. The summed E-state index contributed by atoms with van der Waals surface area (Å²) >= 11 is 0. The summed E-state index contributed by atoms with van der Waals surface area (Å²) in [5, 5.41) is -1.08. The Morgan fingerprint density at radius 3 is 2.18 bits per heavy atom. The summed E-state index contributed by atoms with van der Waals surface area (Å²) in [5.74, 6) is 1.48. The van der Waals surface area contributed by atoms with Crippen LogP contribution in [0.3, 0.4) is 0 Å². The van der Waals surface area contributed by atoms with Gasteiger partial charge < -0.3 is 23.8 Å². The third-order valence-corrected chi connectivity index (χ3v) is 7.65. The number of pyridine rings is 2. The standard InChI is InChI=1S/C23H29B3N4O3/c1-21(2)22(3,4)33-26(32-21)16-7-8-19(27-12-16)29-13-17-10-18(14-29)30(17)23(24,25)15-6-9-20(31-5)28-11-15/h6-9,11-12,17-18H,10,13-14H2,1-5H3. The molecule has 0 spiro atoms. The van der Waals surface area contributed by atoms with Crippen molar-refractivity contribution in [2.24, 2.45) is 0 Å². The number of ether oxygens (including phenoxy) is 1. The summed E-state index contributed by atoms with van der Waals surface area (Å²) < 4.78 is 17.4. The first-order chi connectivity index (χ1) is 15.5. The van der Waals surface area contributed by atoms with Crippen LogP contribution in [-0.4, -0.2) is 81.2 Å². The van der Waals surface area contributed by atoms with E-state index < -0.39 is 12.5 Å². The van der Waals surface area contributed by atoms with Gasteiger partial charge >= 0.3 is 7.12 Å². The predicted octanol–water partition coefficient (Wildman–Crippen LogP) is 1.19. The van der Waals surface area contributed by atoms with Crippen LogP contribution in [-0.2, 0) is 14.6 Å². The molecule has 33 heavy (non-hydrogen) atoms. The summed E-state index contributed by atoms with van der Waals surface area (Å²) in [5.41, 5.74) is 0.960. The van der Waals surface area contributed by atoms with Crippen molar-refractivity contribution in [3.05, 3.63) is 42.2 Å². The summed E-state index contributed by atoms with van der Waals surface area (Å²) in [6.45, 7) is 9.85. The summed E-state index contributed by atoms with van der Waals surface area (Å²) in [6.07, 6.45) is 4.62. The van der Waals surface area contributed by atoms with Gasteiger partial charge in [0.1, 0.15) is 5.82 Å². The Morgan fingerprint density at radius 2 is 1.67 bits per heavy atom. The molecule has 10 heteroatoms. The average molecular weight is 442 g/mol. The molecule has 2 bridgehead atoms. The second-order valence-electron chi connectivity index (χ2n) is 10.3. The molecule has 4 saturated heterocycles. The van der Waals surface area contributed by atoms with Crippen LogP contribution >= 0.6 is 0 Å². The largest absolute Gasteiger partial charge is 0.496 e. The zero-order valence-electron chi connectivity index (χ0n) is 20.0. The molecule has 6 heterocycles. The van der Waals surface area contributed by atoms with E-state index >= 15 is 0 Å². The predicted molar refractivity (Wildman–Crippen MR) is 130 cm³/mol. The summed E-state index contributed by atoms with van der Waals surface area (Å²) in [4.78, 5) is 13.5. The number of anilines is 1. The minimum Gasteiger partial charge on any atom is -0.481 e. The highest BCUT2D eigenvalue weighted by atomic mass is 16.7. The maximum absolute atomic E-state index is 6.60. The first kappa shape index (κ1) is 22.8. The van der Waals surface area contributed by atoms with Crippen LogP contribution in [0.2, 0.25) is 0 Å². The van der Waals surface area contributed by atoms with Crippen LogP contribution in [0.4, 0.5) is 5.82 Å². The minimum atomic E-state index is -1.08. The summed E-state index contributed by atoms with van der Waals surface area (Å²) in [7, 11) is 14.4. The highest BCUT2D eigenvalue weighted by molar-refractivity contribution is 6.62. The van der Waals surface area contributed by atoms with Gasteiger partial charge in [-0.1, -0.05) is 12.1 Å². The molecule has 4 aliphatic heterocycles. The second kappa shape index (κ2) is 7.75. The molecule has 4 radical (unpaired) electrons. The van der Waals surface area contributed by atoms with Gasteiger partial charge in [-0.05, 0) is 51.1 Å². The fourth-order valence-corrected chi connectivity index (χ4v) is 4.99. The number of rotatable bonds is 5. The Kier molecular flexibility index (Phi) is 5.34. The van der Waals surface area contributed by atoms with Crippen molar-refractivity contribution in [3.63, 3.8) is 0 Å². The molecule has 7 nitrogen and oxygen atoms in total. The average Bonchev–Trinajstić information content (AvgIpc) is 3.00. The number of fused-ring (bicyclic) bond motifs is 2. The normalized spacial score (nSPS) is 26.2. The molecule has 0 N–H and O–H groups in total. The van der Waals surface area contributed by atoms with Gasteiger partial charge in [0.25, 0.3) is 0 Å². The Bertz CT molecular complexity index is 989. The second-order valence-corrected chi connectivity index (χ2v) is 10.3. The molecule has 2 aromatic heterocycles. The molecule has 0 amide bonds. The van der Waals surface area contributed by atoms with Crippen LogP contribution in [0.25, 0.3) is 0 Å². The molecule has 2 atom stereocenters. The van der Waals surface area contributed by atoms with Gasteiger partial charge in [0.05, 0.1) is 34.0 Å². The SMILES string of the molecule is [B]C([B])(c1ccc(OC)nc1)N1C2CC1CN(c1ccc(B3OC(C)(C)C(C)(C)O3)cn1)C2. The molecule has 0 aliphatic carbocycles. The molecule has 0 saturated carbocycles. The van der Waals surface area contributed by atoms with E-state index in [0.717, 1.165) is 36.4 Å². The maximum Gasteiger partial charge on any atom is 0.496 e. The number of piperidine rings is 1. The van der Waals surface area contributed by atoms with E-state index in [1.807, 2.05) is 24.4 Å². The number of aromatic nitrogens is 2. The minimum absolute atomic E-state index is 0.255. The van der Waals surface area contributed by atoms with Crippen molar-refractivity contribution in [2.75, 3.05) is 25.1 Å². The van der Waals surface area contributed by atoms with E-state index in [1.54, 1.807) is 19.4 Å². The zero-order valence-corrected chi connectivity index (χ0v) is 20.0. The van der Waals surface area contributed by atoms with Crippen molar-refractivity contribution < 1.29 is 14.0 Å².